The van der Waals surface area contributed by atoms with Gasteiger partial charge in [-0.3, -0.25) is 0 Å². The molecule has 0 aliphatic carbocycles. The van der Waals surface area contributed by atoms with Crippen molar-refractivity contribution in [3.8, 4) is 0 Å². The summed E-state index contributed by atoms with van der Waals surface area (Å²) in [5.74, 6) is -0.573. The van der Waals surface area contributed by atoms with Crippen molar-refractivity contribution in [2.24, 2.45) is 0 Å². The fourth-order valence-electron chi connectivity index (χ4n) is 0.335. The van der Waals surface area contributed by atoms with E-state index in [1.165, 1.54) is 6.92 Å². The number of hydrogen-bond acceptors (Lipinski definition) is 2. The van der Waals surface area contributed by atoms with Crippen molar-refractivity contribution in [1.29, 1.82) is 0 Å². The Hall–Kier alpha value is -0.210. The van der Waals surface area contributed by atoms with E-state index in [0.29, 0.717) is 6.61 Å². The van der Waals surface area contributed by atoms with E-state index in [1.54, 1.807) is 6.92 Å². The van der Waals surface area contributed by atoms with Gasteiger partial charge < -0.3 is 4.74 Å². The van der Waals surface area contributed by atoms with E-state index < -0.39 is 5.97 Å². The molecule has 0 atom stereocenters. The van der Waals surface area contributed by atoms with Gasteiger partial charge in [-0.05, 0) is 13.8 Å². The summed E-state index contributed by atoms with van der Waals surface area (Å²) in [7, 11) is 0. The molecule has 0 aromatic carbocycles. The second kappa shape index (κ2) is 4.58. The average molecular weight is 183 g/mol. The minimum Gasteiger partial charge on any atom is -0.462 e. The maximum Gasteiger partial charge on any atom is 0.350 e. The summed E-state index contributed by atoms with van der Waals surface area (Å²) >= 11 is 10.8. The number of halogens is 2. The highest BCUT2D eigenvalue weighted by molar-refractivity contribution is 6.47. The third-order valence-electron chi connectivity index (χ3n) is 0.757. The first-order valence-corrected chi connectivity index (χ1v) is 3.54. The van der Waals surface area contributed by atoms with Crippen LogP contribution in [0.4, 0.5) is 0 Å². The molecule has 0 aliphatic rings. The van der Waals surface area contributed by atoms with Crippen LogP contribution in [-0.4, -0.2) is 12.6 Å². The van der Waals surface area contributed by atoms with Crippen LogP contribution in [0.5, 0.6) is 0 Å². The summed E-state index contributed by atoms with van der Waals surface area (Å²) in [6.45, 7) is 3.53. The summed E-state index contributed by atoms with van der Waals surface area (Å²) in [5, 5.41) is 0.198. The summed E-state index contributed by atoms with van der Waals surface area (Å²) < 4.78 is 4.55. The van der Waals surface area contributed by atoms with Gasteiger partial charge in [0.2, 0.25) is 0 Å². The molecule has 0 bridgehead atoms. The minimum absolute atomic E-state index is 0.0523. The largest absolute Gasteiger partial charge is 0.462 e. The average Bonchev–Trinajstić information content (AvgIpc) is 1.87. The van der Waals surface area contributed by atoms with Crippen LogP contribution in [0.3, 0.4) is 0 Å². The first kappa shape index (κ1) is 9.79. The van der Waals surface area contributed by atoms with Gasteiger partial charge in [0.1, 0.15) is 5.03 Å². The highest BCUT2D eigenvalue weighted by Gasteiger charge is 2.08. The smallest absolute Gasteiger partial charge is 0.350 e. The van der Waals surface area contributed by atoms with Gasteiger partial charge in [-0.2, -0.15) is 0 Å². The van der Waals surface area contributed by atoms with Crippen LogP contribution >= 0.6 is 23.2 Å². The van der Waals surface area contributed by atoms with Gasteiger partial charge in [0.15, 0.2) is 0 Å². The topological polar surface area (TPSA) is 26.3 Å². The molecule has 0 unspecified atom stereocenters. The lowest BCUT2D eigenvalue weighted by molar-refractivity contribution is -0.137. The summed E-state index contributed by atoms with van der Waals surface area (Å²) in [6.07, 6.45) is 0. The molecule has 0 aromatic heterocycles. The summed E-state index contributed by atoms with van der Waals surface area (Å²) in [4.78, 5) is 10.7. The Balaban J connectivity index is 4.09. The van der Waals surface area contributed by atoms with E-state index in [4.69, 9.17) is 23.2 Å². The van der Waals surface area contributed by atoms with Crippen LogP contribution in [-0.2, 0) is 9.53 Å². The fourth-order valence-corrected chi connectivity index (χ4v) is 0.467. The first-order valence-electron chi connectivity index (χ1n) is 2.78. The standard InChI is InChI=1S/C6H8Cl2O2/c1-3-10-6(9)5(8)4(2)7/h3H2,1-2H3/b5-4+. The number of carbonyl (C=O) groups excluding carboxylic acids is 1. The molecule has 0 amide bonds. The van der Waals surface area contributed by atoms with Crippen molar-refractivity contribution in [2.45, 2.75) is 13.8 Å². The van der Waals surface area contributed by atoms with Crippen molar-refractivity contribution < 1.29 is 9.53 Å². The Bertz CT molecular complexity index is 159. The Kier molecular flexibility index (Phi) is 4.49. The zero-order valence-corrected chi connectivity index (χ0v) is 7.29. The maximum atomic E-state index is 10.7. The van der Waals surface area contributed by atoms with Crippen molar-refractivity contribution in [1.82, 2.24) is 0 Å². The van der Waals surface area contributed by atoms with Gasteiger partial charge in [0, 0.05) is 5.03 Å². The van der Waals surface area contributed by atoms with Crippen molar-refractivity contribution >= 4 is 29.2 Å². The van der Waals surface area contributed by atoms with Gasteiger partial charge in [0.05, 0.1) is 6.61 Å². The second-order valence-electron chi connectivity index (χ2n) is 1.57. The lowest BCUT2D eigenvalue weighted by Crippen LogP contribution is -2.04. The molecule has 0 aromatic rings. The van der Waals surface area contributed by atoms with Gasteiger partial charge in [-0.1, -0.05) is 23.2 Å². The van der Waals surface area contributed by atoms with E-state index >= 15 is 0 Å². The monoisotopic (exact) mass is 182 g/mol. The first-order chi connectivity index (χ1) is 4.59. The lowest BCUT2D eigenvalue weighted by Gasteiger charge is -1.98. The molecule has 4 heteroatoms. The lowest BCUT2D eigenvalue weighted by atomic mass is 10.5. The molecule has 10 heavy (non-hydrogen) atoms. The Labute approximate surface area is 69.8 Å². The molecule has 0 spiro atoms. The SMILES string of the molecule is CCOC(=O)/C(Cl)=C(/C)Cl. The van der Waals surface area contributed by atoms with Crippen molar-refractivity contribution in [3.63, 3.8) is 0 Å². The molecule has 0 rings (SSSR count). The third kappa shape index (κ3) is 3.08. The molecule has 0 saturated carbocycles. The molecular weight excluding hydrogens is 175 g/mol. The van der Waals surface area contributed by atoms with Crippen molar-refractivity contribution in [2.75, 3.05) is 6.61 Å². The van der Waals surface area contributed by atoms with Gasteiger partial charge in [-0.25, -0.2) is 4.79 Å². The van der Waals surface area contributed by atoms with Crippen LogP contribution < -0.4 is 0 Å². The zero-order valence-electron chi connectivity index (χ0n) is 5.78. The third-order valence-corrected chi connectivity index (χ3v) is 1.48. The van der Waals surface area contributed by atoms with E-state index in [0.717, 1.165) is 0 Å². The van der Waals surface area contributed by atoms with Crippen LogP contribution in [0.1, 0.15) is 13.8 Å². The summed E-state index contributed by atoms with van der Waals surface area (Å²) in [6, 6.07) is 0. The quantitative estimate of drug-likeness (QED) is 0.484. The van der Waals surface area contributed by atoms with E-state index in [9.17, 15) is 4.79 Å². The van der Waals surface area contributed by atoms with Gasteiger partial charge in [0.25, 0.3) is 0 Å². The van der Waals surface area contributed by atoms with E-state index in [-0.39, 0.29) is 10.1 Å². The van der Waals surface area contributed by atoms with E-state index in [1.807, 2.05) is 0 Å². The highest BCUT2D eigenvalue weighted by Crippen LogP contribution is 2.13. The number of esters is 1. The fraction of sp³-hybridized carbons (Fsp3) is 0.500. The van der Waals surface area contributed by atoms with Crippen molar-refractivity contribution in [3.05, 3.63) is 10.1 Å². The van der Waals surface area contributed by atoms with Gasteiger partial charge in [-0.15, -0.1) is 0 Å². The molecule has 0 N–H and O–H groups in total. The number of hydrogen-bond donors (Lipinski definition) is 0. The number of rotatable bonds is 2. The second-order valence-corrected chi connectivity index (χ2v) is 2.51. The summed E-state index contributed by atoms with van der Waals surface area (Å²) in [5.41, 5.74) is 0. The molecule has 0 fully saturated rings. The Morgan fingerprint density at radius 2 is 2.00 bits per heavy atom. The van der Waals surface area contributed by atoms with Crippen LogP contribution in [0.25, 0.3) is 0 Å². The molecular formula is C6H8Cl2O2. The van der Waals surface area contributed by atoms with Crippen LogP contribution in [0, 0.1) is 0 Å². The number of ether oxygens (including phenoxy) is 1. The molecule has 58 valence electrons. The predicted octanol–water partition coefficient (Wildman–Crippen LogP) is 2.26. The van der Waals surface area contributed by atoms with Crippen LogP contribution in [0.15, 0.2) is 10.1 Å². The zero-order chi connectivity index (χ0) is 8.15. The minimum atomic E-state index is -0.573. The van der Waals surface area contributed by atoms with E-state index in [2.05, 4.69) is 4.74 Å². The molecule has 0 saturated heterocycles. The molecule has 0 aliphatic heterocycles. The number of allylic oxidation sites excluding steroid dienone is 1. The van der Waals surface area contributed by atoms with Crippen LogP contribution in [0.2, 0.25) is 0 Å². The normalized spacial score (nSPS) is 12.4. The Morgan fingerprint density at radius 1 is 1.50 bits per heavy atom. The maximum absolute atomic E-state index is 10.7. The molecule has 2 nitrogen and oxygen atoms in total. The molecule has 0 radical (unpaired) electrons. The van der Waals surface area contributed by atoms with Gasteiger partial charge >= 0.3 is 5.97 Å². The molecule has 0 heterocycles. The predicted molar refractivity (Wildman–Crippen MR) is 41.0 cm³/mol. The highest BCUT2D eigenvalue weighted by atomic mass is 35.5. The Morgan fingerprint density at radius 3 is 2.30 bits per heavy atom. The number of carbonyl (C=O) groups is 1.